The highest BCUT2D eigenvalue weighted by Crippen LogP contribution is 2.43. The summed E-state index contributed by atoms with van der Waals surface area (Å²) in [5.74, 6) is -1.49. The fourth-order valence-corrected chi connectivity index (χ4v) is 9.52. The topological polar surface area (TPSA) is 227 Å². The Morgan fingerprint density at radius 3 is 1.99 bits per heavy atom. The van der Waals surface area contributed by atoms with Gasteiger partial charge in [-0.15, -0.1) is 0 Å². The van der Waals surface area contributed by atoms with E-state index in [9.17, 15) is 28.8 Å². The first-order valence-electron chi connectivity index (χ1n) is 23.8. The number of carboxylic acids is 1. The molecule has 5 N–H and O–H groups in total. The van der Waals surface area contributed by atoms with Crippen molar-refractivity contribution in [1.82, 2.24) is 10.6 Å². The van der Waals surface area contributed by atoms with Gasteiger partial charge in [0.05, 0.1) is 48.8 Å². The van der Waals surface area contributed by atoms with Gasteiger partial charge in [-0.1, -0.05) is 36.4 Å². The average molecular weight is 978 g/mol. The first-order valence-corrected chi connectivity index (χ1v) is 23.8. The van der Waals surface area contributed by atoms with Gasteiger partial charge < -0.3 is 50.2 Å². The van der Waals surface area contributed by atoms with E-state index in [1.54, 1.807) is 47.5 Å². The molecule has 72 heavy (non-hydrogen) atoms. The maximum absolute atomic E-state index is 14.1. The summed E-state index contributed by atoms with van der Waals surface area (Å²) in [5.41, 5.74) is 7.34. The van der Waals surface area contributed by atoms with Gasteiger partial charge in [-0.2, -0.15) is 0 Å². The van der Waals surface area contributed by atoms with Crippen molar-refractivity contribution < 1.29 is 52.8 Å². The van der Waals surface area contributed by atoms with E-state index in [1.807, 2.05) is 59.5 Å². The first-order chi connectivity index (χ1) is 34.8. The molecule has 0 saturated heterocycles. The van der Waals surface area contributed by atoms with Crippen LogP contribution in [0.5, 0.6) is 23.0 Å². The summed E-state index contributed by atoms with van der Waals surface area (Å²) < 4.78 is 24.3. The van der Waals surface area contributed by atoms with Crippen LogP contribution in [0.25, 0.3) is 0 Å². The molecular weight excluding hydrogens is 923 g/mol. The molecule has 0 fully saturated rings. The van der Waals surface area contributed by atoms with Crippen LogP contribution in [-0.4, -0.2) is 91.8 Å². The van der Waals surface area contributed by atoms with Crippen LogP contribution in [0.3, 0.4) is 0 Å². The predicted molar refractivity (Wildman–Crippen MR) is 269 cm³/mol. The van der Waals surface area contributed by atoms with Crippen molar-refractivity contribution >= 4 is 70.2 Å². The van der Waals surface area contributed by atoms with Gasteiger partial charge in [-0.25, -0.2) is 0 Å². The molecule has 0 radical (unpaired) electrons. The Kier molecular flexibility index (Phi) is 14.1. The Bertz CT molecular complexity index is 3010. The molecule has 0 spiro atoms. The van der Waals surface area contributed by atoms with Crippen molar-refractivity contribution in [3.05, 3.63) is 124 Å². The number of hydrogen-bond acceptors (Lipinski definition) is 12. The van der Waals surface area contributed by atoms with Gasteiger partial charge in [0.15, 0.2) is 23.0 Å². The number of ether oxygens (including phenoxy) is 4. The lowest BCUT2D eigenvalue weighted by molar-refractivity contribution is -0.137. The van der Waals surface area contributed by atoms with Gasteiger partial charge in [0.2, 0.25) is 17.7 Å². The van der Waals surface area contributed by atoms with Crippen molar-refractivity contribution in [2.24, 2.45) is 4.99 Å². The van der Waals surface area contributed by atoms with E-state index in [0.29, 0.717) is 88.1 Å². The second-order valence-electron chi connectivity index (χ2n) is 18.2. The number of rotatable bonds is 18. The van der Waals surface area contributed by atoms with Crippen molar-refractivity contribution in [2.75, 3.05) is 41.2 Å². The SMILES string of the molecule is COc1cc2c(cc1OCc1cc(COc3cc4c(cc3OC)C(=O)N3c5ccccc5CC3CN4)cc(NC(=O)[C@H](C)NC(=O)[C@H](C)NC(=O)CCCCC(=O)O)c1)N=C[C@@H]1Cc3ccccc3N1C2=O. The molecule has 4 aliphatic rings. The second-order valence-corrected chi connectivity index (χ2v) is 18.2. The number of para-hydroxylation sites is 2. The van der Waals surface area contributed by atoms with Crippen LogP contribution < -0.4 is 50.0 Å². The molecule has 4 aliphatic heterocycles. The van der Waals surface area contributed by atoms with Gasteiger partial charge in [-0.3, -0.25) is 38.7 Å². The van der Waals surface area contributed by atoms with Gasteiger partial charge >= 0.3 is 5.97 Å². The molecule has 5 aromatic carbocycles. The number of carbonyl (C=O) groups is 6. The Hall–Kier alpha value is -8.41. The molecule has 0 aromatic heterocycles. The van der Waals surface area contributed by atoms with E-state index >= 15 is 0 Å². The molecule has 0 bridgehead atoms. The van der Waals surface area contributed by atoms with Crippen LogP contribution in [0.4, 0.5) is 28.4 Å². The van der Waals surface area contributed by atoms with Crippen molar-refractivity contribution in [3.63, 3.8) is 0 Å². The number of unbranched alkanes of at least 4 members (excludes halogenated alkanes) is 1. The van der Waals surface area contributed by atoms with Crippen LogP contribution in [-0.2, 0) is 45.2 Å². The molecular formula is C54H55N7O11. The Morgan fingerprint density at radius 1 is 0.708 bits per heavy atom. The number of methoxy groups -OCH3 is 2. The second kappa shape index (κ2) is 20.9. The number of aliphatic carboxylic acids is 1. The van der Waals surface area contributed by atoms with E-state index in [0.717, 1.165) is 28.9 Å². The largest absolute Gasteiger partial charge is 0.493 e. The fourth-order valence-electron chi connectivity index (χ4n) is 9.52. The average Bonchev–Trinajstić information content (AvgIpc) is 3.86. The molecule has 5 aromatic rings. The molecule has 4 atom stereocenters. The summed E-state index contributed by atoms with van der Waals surface area (Å²) in [6.45, 7) is 3.49. The zero-order chi connectivity index (χ0) is 50.6. The van der Waals surface area contributed by atoms with Crippen LogP contribution in [0.2, 0.25) is 0 Å². The number of nitrogens with one attached hydrogen (secondary N) is 4. The lowest BCUT2D eigenvalue weighted by Gasteiger charge is -2.22. The summed E-state index contributed by atoms with van der Waals surface area (Å²) >= 11 is 0. The first kappa shape index (κ1) is 48.6. The third-order valence-electron chi connectivity index (χ3n) is 13.2. The highest BCUT2D eigenvalue weighted by atomic mass is 16.5. The monoisotopic (exact) mass is 977 g/mol. The zero-order valence-corrected chi connectivity index (χ0v) is 40.3. The summed E-state index contributed by atoms with van der Waals surface area (Å²) in [7, 11) is 2.99. The Morgan fingerprint density at radius 2 is 1.31 bits per heavy atom. The quantitative estimate of drug-likeness (QED) is 0.0576. The number of amides is 5. The fraction of sp³-hybridized carbons (Fsp3) is 0.315. The molecule has 372 valence electrons. The zero-order valence-electron chi connectivity index (χ0n) is 40.3. The molecule has 9 rings (SSSR count). The number of aliphatic imine (C=N–C) groups is 1. The van der Waals surface area contributed by atoms with Crippen molar-refractivity contribution in [3.8, 4) is 23.0 Å². The Labute approximate surface area is 415 Å². The van der Waals surface area contributed by atoms with E-state index in [-0.39, 0.29) is 50.0 Å². The minimum Gasteiger partial charge on any atom is -0.493 e. The van der Waals surface area contributed by atoms with E-state index in [1.165, 1.54) is 28.1 Å². The van der Waals surface area contributed by atoms with Gasteiger partial charge in [0.25, 0.3) is 11.8 Å². The summed E-state index contributed by atoms with van der Waals surface area (Å²) in [5, 5.41) is 20.4. The lowest BCUT2D eigenvalue weighted by Crippen LogP contribution is -2.50. The highest BCUT2D eigenvalue weighted by molar-refractivity contribution is 6.15. The van der Waals surface area contributed by atoms with Gasteiger partial charge in [0.1, 0.15) is 25.3 Å². The molecule has 18 heteroatoms. The summed E-state index contributed by atoms with van der Waals surface area (Å²) in [6, 6.07) is 25.4. The summed E-state index contributed by atoms with van der Waals surface area (Å²) in [6.07, 6.45) is 3.82. The Balaban J connectivity index is 0.939. The molecule has 4 heterocycles. The number of benzene rings is 5. The van der Waals surface area contributed by atoms with Crippen LogP contribution in [0.1, 0.15) is 82.5 Å². The predicted octanol–water partition coefficient (Wildman–Crippen LogP) is 6.74. The minimum absolute atomic E-state index is 0.0124. The molecule has 18 nitrogen and oxygen atoms in total. The molecule has 0 aliphatic carbocycles. The number of fused-ring (bicyclic) bond motifs is 8. The van der Waals surface area contributed by atoms with Crippen molar-refractivity contribution in [2.45, 2.75) is 89.8 Å². The standard InChI is InChI=1S/C54H55N7O11/c1-30(57-49(62)15-9-10-16-50(63)64)51(65)58-31(2)52(66)59-36-18-32(28-71-47-24-41-39(22-45(47)69-3)53(67)60-37(26-55-41)20-34-11-5-7-13-43(34)60)17-33(19-36)29-72-48-25-42-40(23-46(48)70-4)54(68)61-38(27-56-42)21-35-12-6-8-14-44(35)61/h5-8,11-14,17-19,22-26,30-31,37-38,56H,9-10,15-16,20-21,27-29H2,1-4H3,(H,57,62)(H,58,65)(H,59,66)(H,63,64)/t30-,31-,37-,38?/m0/s1. The number of anilines is 4. The van der Waals surface area contributed by atoms with Gasteiger partial charge in [0, 0.05) is 61.2 Å². The van der Waals surface area contributed by atoms with Crippen LogP contribution >= 0.6 is 0 Å². The van der Waals surface area contributed by atoms with Crippen molar-refractivity contribution in [1.29, 1.82) is 0 Å². The minimum atomic E-state index is -1.04. The smallest absolute Gasteiger partial charge is 0.303 e. The lowest BCUT2D eigenvalue weighted by atomic mass is 10.1. The number of carbonyl (C=O) groups excluding carboxylic acids is 5. The number of hydrogen-bond donors (Lipinski definition) is 5. The normalized spacial score (nSPS) is 16.7. The molecule has 5 amide bonds. The van der Waals surface area contributed by atoms with Gasteiger partial charge in [-0.05, 0) is 97.8 Å². The van der Waals surface area contributed by atoms with Crippen LogP contribution in [0.15, 0.2) is 96.0 Å². The van der Waals surface area contributed by atoms with E-state index in [2.05, 4.69) is 21.3 Å². The molecule has 1 unspecified atom stereocenters. The maximum atomic E-state index is 14.1. The summed E-state index contributed by atoms with van der Waals surface area (Å²) in [4.78, 5) is 86.5. The number of nitrogens with zero attached hydrogens (tertiary/aromatic N) is 3. The van der Waals surface area contributed by atoms with E-state index < -0.39 is 35.8 Å². The third-order valence-corrected chi connectivity index (χ3v) is 13.2. The third kappa shape index (κ3) is 10.2. The van der Waals surface area contributed by atoms with Crippen LogP contribution in [0, 0.1) is 0 Å². The number of carboxylic acid groups (broad SMARTS) is 1. The maximum Gasteiger partial charge on any atom is 0.303 e. The molecule has 0 saturated carbocycles. The highest BCUT2D eigenvalue weighted by Gasteiger charge is 2.39. The van der Waals surface area contributed by atoms with E-state index in [4.69, 9.17) is 29.0 Å².